The van der Waals surface area contributed by atoms with E-state index >= 15 is 0 Å². The molecular weight excluding hydrogens is 250 g/mol. The van der Waals surface area contributed by atoms with Crippen molar-refractivity contribution in [3.8, 4) is 0 Å². The van der Waals surface area contributed by atoms with Crippen molar-refractivity contribution in [3.63, 3.8) is 0 Å². The number of carbonyl (C=O) groups is 1. The monoisotopic (exact) mass is 267 g/mol. The molecule has 0 fully saturated rings. The van der Waals surface area contributed by atoms with Gasteiger partial charge in [0.25, 0.3) is 5.91 Å². The topological polar surface area (TPSA) is 59.2 Å². The van der Waals surface area contributed by atoms with E-state index in [1.54, 1.807) is 18.3 Å². The van der Waals surface area contributed by atoms with Crippen LogP contribution in [-0.4, -0.2) is 16.9 Å². The summed E-state index contributed by atoms with van der Waals surface area (Å²) in [7, 11) is 0. The molecule has 1 aliphatic heterocycles. The van der Waals surface area contributed by atoms with Gasteiger partial charge in [0.1, 0.15) is 0 Å². The Labute approximate surface area is 118 Å². The second-order valence-electron chi connectivity index (χ2n) is 5.10. The van der Waals surface area contributed by atoms with Gasteiger partial charge in [-0.3, -0.25) is 9.78 Å². The molecule has 4 heteroatoms. The molecule has 102 valence electrons. The molecule has 20 heavy (non-hydrogen) atoms. The minimum Gasteiger partial charge on any atom is -0.325 e. The average molecular weight is 267 g/mol. The quantitative estimate of drug-likeness (QED) is 0.906. The van der Waals surface area contributed by atoms with Crippen molar-refractivity contribution in [1.82, 2.24) is 4.98 Å². The molecule has 1 unspecified atom stereocenters. The summed E-state index contributed by atoms with van der Waals surface area (Å²) in [5.41, 5.74) is 9.20. The first kappa shape index (κ1) is 12.8. The van der Waals surface area contributed by atoms with Crippen molar-refractivity contribution >= 4 is 11.6 Å². The van der Waals surface area contributed by atoms with E-state index in [9.17, 15) is 4.79 Å². The highest BCUT2D eigenvalue weighted by Crippen LogP contribution is 2.32. The summed E-state index contributed by atoms with van der Waals surface area (Å²) < 4.78 is 0. The maximum atomic E-state index is 12.7. The number of anilines is 1. The molecule has 0 saturated heterocycles. The van der Waals surface area contributed by atoms with Crippen LogP contribution in [0.15, 0.2) is 42.6 Å². The molecule has 1 amide bonds. The third-order valence-corrected chi connectivity index (χ3v) is 3.70. The van der Waals surface area contributed by atoms with Gasteiger partial charge in [-0.2, -0.15) is 0 Å². The summed E-state index contributed by atoms with van der Waals surface area (Å²) in [4.78, 5) is 18.7. The fourth-order valence-corrected chi connectivity index (χ4v) is 2.74. The zero-order chi connectivity index (χ0) is 14.1. The van der Waals surface area contributed by atoms with Crippen molar-refractivity contribution in [2.75, 3.05) is 4.90 Å². The lowest BCUT2D eigenvalue weighted by atomic mass is 10.1. The van der Waals surface area contributed by atoms with Crippen molar-refractivity contribution in [2.24, 2.45) is 5.73 Å². The molecular formula is C16H17N3O. The SMILES string of the molecule is CC1Cc2ccccc2N1C(=O)c1ccnc(CN)c1. The first-order chi connectivity index (χ1) is 9.70. The molecule has 0 bridgehead atoms. The van der Waals surface area contributed by atoms with Crippen molar-refractivity contribution < 1.29 is 4.79 Å². The molecule has 1 atom stereocenters. The second-order valence-corrected chi connectivity index (χ2v) is 5.10. The van der Waals surface area contributed by atoms with Crippen LogP contribution in [0, 0.1) is 0 Å². The number of hydrogen-bond donors (Lipinski definition) is 1. The third kappa shape index (κ3) is 2.08. The van der Waals surface area contributed by atoms with E-state index < -0.39 is 0 Å². The summed E-state index contributed by atoms with van der Waals surface area (Å²) in [6, 6.07) is 11.8. The van der Waals surface area contributed by atoms with Crippen LogP contribution in [0.3, 0.4) is 0 Å². The second kappa shape index (κ2) is 5.06. The summed E-state index contributed by atoms with van der Waals surface area (Å²) in [5, 5.41) is 0. The zero-order valence-electron chi connectivity index (χ0n) is 11.4. The lowest BCUT2D eigenvalue weighted by Gasteiger charge is -2.23. The minimum atomic E-state index is 0.0135. The van der Waals surface area contributed by atoms with E-state index in [0.717, 1.165) is 17.8 Å². The molecule has 0 spiro atoms. The Morgan fingerprint density at radius 3 is 3.00 bits per heavy atom. The van der Waals surface area contributed by atoms with Crippen molar-refractivity contribution in [1.29, 1.82) is 0 Å². The molecule has 2 N–H and O–H groups in total. The number of nitrogens with two attached hydrogens (primary N) is 1. The van der Waals surface area contributed by atoms with Gasteiger partial charge in [-0.15, -0.1) is 0 Å². The number of rotatable bonds is 2. The van der Waals surface area contributed by atoms with Gasteiger partial charge < -0.3 is 10.6 Å². The average Bonchev–Trinajstić information content (AvgIpc) is 2.82. The Kier molecular flexibility index (Phi) is 3.24. The fourth-order valence-electron chi connectivity index (χ4n) is 2.74. The first-order valence-electron chi connectivity index (χ1n) is 6.77. The third-order valence-electron chi connectivity index (χ3n) is 3.70. The van der Waals surface area contributed by atoms with E-state index in [1.165, 1.54) is 5.56 Å². The Morgan fingerprint density at radius 1 is 1.40 bits per heavy atom. The standard InChI is InChI=1S/C16H17N3O/c1-11-8-12-4-2-3-5-15(12)19(11)16(20)13-6-7-18-14(9-13)10-17/h2-7,9,11H,8,10,17H2,1H3. The number of nitrogens with zero attached hydrogens (tertiary/aromatic N) is 2. The zero-order valence-corrected chi connectivity index (χ0v) is 11.4. The summed E-state index contributed by atoms with van der Waals surface area (Å²) >= 11 is 0. The Bertz CT molecular complexity index is 654. The number of para-hydroxylation sites is 1. The predicted octanol–water partition coefficient (Wildman–Crippen LogP) is 2.13. The van der Waals surface area contributed by atoms with Gasteiger partial charge >= 0.3 is 0 Å². The lowest BCUT2D eigenvalue weighted by molar-refractivity contribution is 0.0981. The van der Waals surface area contributed by atoms with Crippen molar-refractivity contribution in [2.45, 2.75) is 25.9 Å². The lowest BCUT2D eigenvalue weighted by Crippen LogP contribution is -2.35. The minimum absolute atomic E-state index is 0.0135. The molecule has 3 rings (SSSR count). The van der Waals surface area contributed by atoms with Gasteiger partial charge in [-0.25, -0.2) is 0 Å². The number of aromatic nitrogens is 1. The maximum Gasteiger partial charge on any atom is 0.258 e. The summed E-state index contributed by atoms with van der Waals surface area (Å²) in [5.74, 6) is 0.0135. The van der Waals surface area contributed by atoms with Crippen LogP contribution in [0.2, 0.25) is 0 Å². The Balaban J connectivity index is 1.98. The Hall–Kier alpha value is -2.20. The van der Waals surface area contributed by atoms with Gasteiger partial charge in [0, 0.05) is 30.0 Å². The fraction of sp³-hybridized carbons (Fsp3) is 0.250. The van der Waals surface area contributed by atoms with Gasteiger partial charge in [-0.05, 0) is 37.1 Å². The molecule has 2 aromatic rings. The van der Waals surface area contributed by atoms with Crippen LogP contribution in [0.1, 0.15) is 28.5 Å². The summed E-state index contributed by atoms with van der Waals surface area (Å²) in [6.07, 6.45) is 2.54. The van der Waals surface area contributed by atoms with E-state index in [-0.39, 0.29) is 11.9 Å². The number of amides is 1. The van der Waals surface area contributed by atoms with E-state index in [0.29, 0.717) is 12.1 Å². The molecule has 1 aromatic heterocycles. The van der Waals surface area contributed by atoms with E-state index in [2.05, 4.69) is 18.0 Å². The number of benzene rings is 1. The number of fused-ring (bicyclic) bond motifs is 1. The largest absolute Gasteiger partial charge is 0.325 e. The van der Waals surface area contributed by atoms with Gasteiger partial charge in [-0.1, -0.05) is 18.2 Å². The molecule has 4 nitrogen and oxygen atoms in total. The number of pyridine rings is 1. The van der Waals surface area contributed by atoms with Crippen LogP contribution in [0.5, 0.6) is 0 Å². The molecule has 0 saturated carbocycles. The number of hydrogen-bond acceptors (Lipinski definition) is 3. The van der Waals surface area contributed by atoms with Gasteiger partial charge in [0.2, 0.25) is 0 Å². The van der Waals surface area contributed by atoms with Crippen LogP contribution in [-0.2, 0) is 13.0 Å². The highest BCUT2D eigenvalue weighted by molar-refractivity contribution is 6.07. The summed E-state index contributed by atoms with van der Waals surface area (Å²) in [6.45, 7) is 2.41. The van der Waals surface area contributed by atoms with E-state index in [4.69, 9.17) is 5.73 Å². The van der Waals surface area contributed by atoms with E-state index in [1.807, 2.05) is 23.1 Å². The Morgan fingerprint density at radius 2 is 2.20 bits per heavy atom. The molecule has 1 aromatic carbocycles. The highest BCUT2D eigenvalue weighted by Gasteiger charge is 2.31. The number of carbonyl (C=O) groups excluding carboxylic acids is 1. The van der Waals surface area contributed by atoms with Gasteiger partial charge in [0.05, 0.1) is 5.69 Å². The normalized spacial score (nSPS) is 17.1. The molecule has 0 aliphatic carbocycles. The molecule has 1 aliphatic rings. The van der Waals surface area contributed by atoms with Crippen molar-refractivity contribution in [3.05, 3.63) is 59.4 Å². The van der Waals surface area contributed by atoms with Crippen LogP contribution in [0.25, 0.3) is 0 Å². The molecule has 2 heterocycles. The maximum absolute atomic E-state index is 12.7. The predicted molar refractivity (Wildman–Crippen MR) is 78.5 cm³/mol. The van der Waals surface area contributed by atoms with Crippen LogP contribution in [0.4, 0.5) is 5.69 Å². The smallest absolute Gasteiger partial charge is 0.258 e. The first-order valence-corrected chi connectivity index (χ1v) is 6.77. The van der Waals surface area contributed by atoms with Crippen LogP contribution < -0.4 is 10.6 Å². The van der Waals surface area contributed by atoms with Crippen LogP contribution >= 0.6 is 0 Å². The highest BCUT2D eigenvalue weighted by atomic mass is 16.2. The van der Waals surface area contributed by atoms with Gasteiger partial charge in [0.15, 0.2) is 0 Å². The molecule has 0 radical (unpaired) electrons.